The molecule has 0 saturated heterocycles. The van der Waals surface area contributed by atoms with Crippen LogP contribution in [-0.2, 0) is 16.6 Å². The van der Waals surface area contributed by atoms with E-state index in [0.29, 0.717) is 40.0 Å². The Labute approximate surface area is 262 Å². The highest BCUT2D eigenvalue weighted by Crippen LogP contribution is 2.34. The Balaban J connectivity index is 1.37. The first-order chi connectivity index (χ1) is 20.6. The van der Waals surface area contributed by atoms with Gasteiger partial charge in [0.05, 0.1) is 38.9 Å². The number of anilines is 2. The third-order valence-electron chi connectivity index (χ3n) is 6.81. The molecule has 3 heterocycles. The zero-order valence-corrected chi connectivity index (χ0v) is 27.2. The zero-order valence-electron chi connectivity index (χ0n) is 24.0. The molecule has 0 saturated carbocycles. The molecular formula is C30H30BrFN6O3S2. The van der Waals surface area contributed by atoms with Gasteiger partial charge in [-0.15, -0.1) is 11.3 Å². The van der Waals surface area contributed by atoms with Crippen LogP contribution in [0.25, 0.3) is 22.3 Å². The second-order valence-corrected chi connectivity index (χ2v) is 14.2. The average molecular weight is 686 g/mol. The van der Waals surface area contributed by atoms with Gasteiger partial charge in [0, 0.05) is 23.0 Å². The highest BCUT2D eigenvalue weighted by molar-refractivity contribution is 9.10. The fourth-order valence-corrected chi connectivity index (χ4v) is 7.37. The van der Waals surface area contributed by atoms with Gasteiger partial charge in [-0.3, -0.25) is 4.98 Å². The summed E-state index contributed by atoms with van der Waals surface area (Å²) in [6.07, 6.45) is 3.13. The summed E-state index contributed by atoms with van der Waals surface area (Å²) in [4.78, 5) is 18.1. The molecule has 0 aliphatic heterocycles. The van der Waals surface area contributed by atoms with Gasteiger partial charge in [0.2, 0.25) is 10.0 Å². The van der Waals surface area contributed by atoms with E-state index < -0.39 is 21.3 Å². The third-order valence-corrected chi connectivity index (χ3v) is 10.9. The smallest absolute Gasteiger partial charge is 0.217 e. The maximum Gasteiger partial charge on any atom is 0.217 e. The molecule has 43 heavy (non-hydrogen) atoms. The molecule has 9 nitrogen and oxygen atoms in total. The number of thiazole rings is 1. The van der Waals surface area contributed by atoms with Crippen molar-refractivity contribution in [1.82, 2.24) is 24.2 Å². The van der Waals surface area contributed by atoms with E-state index in [0.717, 1.165) is 21.1 Å². The highest BCUT2D eigenvalue weighted by atomic mass is 79.9. The SMILES string of the molecule is CCN(C(C)c1nc(-c2cc3c(Nc4ccc(OCc5cccc(F)c5)c(Br)c4)ncnc3cn2)cs1)S(=O)(=O)C(C)C. The van der Waals surface area contributed by atoms with E-state index in [4.69, 9.17) is 9.72 Å². The number of nitrogens with one attached hydrogen (secondary N) is 1. The topological polar surface area (TPSA) is 110 Å². The van der Waals surface area contributed by atoms with Gasteiger partial charge in [-0.1, -0.05) is 19.1 Å². The zero-order chi connectivity index (χ0) is 30.7. The summed E-state index contributed by atoms with van der Waals surface area (Å²) in [5.41, 5.74) is 3.41. The lowest BCUT2D eigenvalue weighted by molar-refractivity contribution is 0.303. The quantitative estimate of drug-likeness (QED) is 0.152. The summed E-state index contributed by atoms with van der Waals surface area (Å²) in [5, 5.41) is 6.14. The first-order valence-electron chi connectivity index (χ1n) is 13.6. The predicted octanol–water partition coefficient (Wildman–Crippen LogP) is 7.49. The van der Waals surface area contributed by atoms with Crippen LogP contribution < -0.4 is 10.1 Å². The van der Waals surface area contributed by atoms with Crippen molar-refractivity contribution < 1.29 is 17.5 Å². The van der Waals surface area contributed by atoms with E-state index in [1.165, 1.54) is 34.1 Å². The molecule has 0 bridgehead atoms. The fraction of sp³-hybridized carbons (Fsp3) is 0.267. The lowest BCUT2D eigenvalue weighted by Crippen LogP contribution is -2.38. The van der Waals surface area contributed by atoms with Gasteiger partial charge in [-0.05, 0) is 78.7 Å². The van der Waals surface area contributed by atoms with Gasteiger partial charge in [-0.2, -0.15) is 4.31 Å². The summed E-state index contributed by atoms with van der Waals surface area (Å²) in [5.74, 6) is 0.892. The van der Waals surface area contributed by atoms with E-state index in [9.17, 15) is 12.8 Å². The molecule has 1 atom stereocenters. The van der Waals surface area contributed by atoms with Gasteiger partial charge in [0.15, 0.2) is 0 Å². The molecule has 3 aromatic heterocycles. The number of aromatic nitrogens is 4. The molecule has 224 valence electrons. The van der Waals surface area contributed by atoms with Gasteiger partial charge >= 0.3 is 0 Å². The van der Waals surface area contributed by atoms with Crippen molar-refractivity contribution in [3.63, 3.8) is 0 Å². The Morgan fingerprint density at radius 2 is 1.88 bits per heavy atom. The summed E-state index contributed by atoms with van der Waals surface area (Å²) in [6, 6.07) is 13.3. The maximum atomic E-state index is 13.5. The minimum absolute atomic E-state index is 0.233. The van der Waals surface area contributed by atoms with Crippen molar-refractivity contribution in [3.05, 3.63) is 87.3 Å². The van der Waals surface area contributed by atoms with Crippen LogP contribution in [0.3, 0.4) is 0 Å². The number of rotatable bonds is 11. The summed E-state index contributed by atoms with van der Waals surface area (Å²) < 4.78 is 47.3. The molecule has 0 fully saturated rings. The lowest BCUT2D eigenvalue weighted by atomic mass is 10.2. The largest absolute Gasteiger partial charge is 0.488 e. The van der Waals surface area contributed by atoms with Crippen LogP contribution in [-0.4, -0.2) is 44.5 Å². The van der Waals surface area contributed by atoms with Gasteiger partial charge in [-0.25, -0.2) is 27.8 Å². The van der Waals surface area contributed by atoms with Crippen LogP contribution in [0.1, 0.15) is 44.3 Å². The second kappa shape index (κ2) is 13.0. The van der Waals surface area contributed by atoms with Crippen molar-refractivity contribution in [2.75, 3.05) is 11.9 Å². The van der Waals surface area contributed by atoms with Gasteiger partial charge in [0.25, 0.3) is 0 Å². The van der Waals surface area contributed by atoms with Crippen molar-refractivity contribution >= 4 is 59.7 Å². The molecule has 0 radical (unpaired) electrons. The average Bonchev–Trinajstić information content (AvgIpc) is 3.47. The molecule has 0 aliphatic carbocycles. The van der Waals surface area contributed by atoms with Crippen molar-refractivity contribution in [1.29, 1.82) is 0 Å². The van der Waals surface area contributed by atoms with Crippen LogP contribution in [0.15, 0.2) is 70.9 Å². The summed E-state index contributed by atoms with van der Waals surface area (Å²) in [7, 11) is -3.44. The lowest BCUT2D eigenvalue weighted by Gasteiger charge is -2.27. The number of pyridine rings is 1. The number of fused-ring (bicyclic) bond motifs is 1. The minimum atomic E-state index is -3.44. The van der Waals surface area contributed by atoms with Crippen molar-refractivity contribution in [2.24, 2.45) is 0 Å². The van der Waals surface area contributed by atoms with E-state index in [2.05, 4.69) is 36.2 Å². The Morgan fingerprint density at radius 3 is 2.60 bits per heavy atom. The first kappa shape index (κ1) is 30.9. The number of hydrogen-bond acceptors (Lipinski definition) is 9. The third kappa shape index (κ3) is 6.85. The first-order valence-corrected chi connectivity index (χ1v) is 16.8. The standard InChI is InChI=1S/C30H30BrFN6O3S2/c1-5-38(43(39,40)18(2)3)19(4)30-37-27(16-42-30)25-13-23-26(14-33-25)34-17-35-29(23)36-22-9-10-28(24(31)12-22)41-15-20-7-6-8-21(32)11-20/h6-14,16-19H,5,15H2,1-4H3,(H,34,35,36). The van der Waals surface area contributed by atoms with Crippen LogP contribution >= 0.6 is 27.3 Å². The molecule has 5 rings (SSSR count). The number of sulfonamides is 1. The number of hydrogen-bond donors (Lipinski definition) is 1. The molecule has 0 amide bonds. The monoisotopic (exact) mass is 684 g/mol. The van der Waals surface area contributed by atoms with Crippen LogP contribution in [0.4, 0.5) is 15.9 Å². The maximum absolute atomic E-state index is 13.5. The fourth-order valence-electron chi connectivity index (χ4n) is 4.48. The number of benzene rings is 2. The van der Waals surface area contributed by atoms with Gasteiger partial charge < -0.3 is 10.1 Å². The molecule has 0 aliphatic rings. The Kier molecular flexibility index (Phi) is 9.35. The normalized spacial score (nSPS) is 12.7. The predicted molar refractivity (Wildman–Crippen MR) is 171 cm³/mol. The van der Waals surface area contributed by atoms with E-state index in [-0.39, 0.29) is 12.4 Å². The molecule has 13 heteroatoms. The number of ether oxygens (including phenoxy) is 1. The highest BCUT2D eigenvalue weighted by Gasteiger charge is 2.31. The van der Waals surface area contributed by atoms with Crippen LogP contribution in [0, 0.1) is 5.82 Å². The van der Waals surface area contributed by atoms with E-state index in [1.807, 2.05) is 43.5 Å². The minimum Gasteiger partial charge on any atom is -0.488 e. The molecule has 1 N–H and O–H groups in total. The van der Waals surface area contributed by atoms with Crippen LogP contribution in [0.5, 0.6) is 5.75 Å². The van der Waals surface area contributed by atoms with Gasteiger partial charge in [0.1, 0.15) is 35.3 Å². The Hall–Kier alpha value is -3.52. The number of halogens is 2. The number of nitrogens with zero attached hydrogens (tertiary/aromatic N) is 5. The second-order valence-electron chi connectivity index (χ2n) is 10.0. The van der Waals surface area contributed by atoms with Crippen molar-refractivity contribution in [2.45, 2.75) is 45.6 Å². The summed E-state index contributed by atoms with van der Waals surface area (Å²) in [6.45, 7) is 7.63. The molecule has 2 aromatic carbocycles. The summed E-state index contributed by atoms with van der Waals surface area (Å²) >= 11 is 4.96. The van der Waals surface area contributed by atoms with E-state index in [1.54, 1.807) is 32.2 Å². The molecule has 1 unspecified atom stereocenters. The molecule has 5 aromatic rings. The van der Waals surface area contributed by atoms with Crippen LogP contribution in [0.2, 0.25) is 0 Å². The van der Waals surface area contributed by atoms with E-state index >= 15 is 0 Å². The Morgan fingerprint density at radius 1 is 1.07 bits per heavy atom. The molecular weight excluding hydrogens is 655 g/mol. The Bertz CT molecular complexity index is 1870. The molecule has 0 spiro atoms. The van der Waals surface area contributed by atoms with Crippen molar-refractivity contribution in [3.8, 4) is 17.1 Å².